The summed E-state index contributed by atoms with van der Waals surface area (Å²) < 4.78 is 5.57. The minimum Gasteiger partial charge on any atom is -0.444 e. The Labute approximate surface area is 137 Å². The maximum absolute atomic E-state index is 12.4. The van der Waals surface area contributed by atoms with E-state index in [4.69, 9.17) is 4.74 Å². The van der Waals surface area contributed by atoms with Crippen molar-refractivity contribution in [2.24, 2.45) is 5.92 Å². The van der Waals surface area contributed by atoms with E-state index in [1.165, 1.54) is 6.42 Å². The van der Waals surface area contributed by atoms with Crippen LogP contribution in [0.2, 0.25) is 0 Å². The predicted molar refractivity (Wildman–Crippen MR) is 92.1 cm³/mol. The van der Waals surface area contributed by atoms with E-state index in [2.05, 4.69) is 33.0 Å². The van der Waals surface area contributed by atoms with Gasteiger partial charge in [-0.2, -0.15) is 0 Å². The number of carbonyl (C=O) groups excluding carboxylic acids is 1. The van der Waals surface area contributed by atoms with Gasteiger partial charge in [-0.05, 0) is 66.2 Å². The summed E-state index contributed by atoms with van der Waals surface area (Å²) in [4.78, 5) is 14.4. The van der Waals surface area contributed by atoms with Gasteiger partial charge in [-0.3, -0.25) is 0 Å². The number of ether oxygens (including phenoxy) is 1. The Hall–Kier alpha value is -0.770. The van der Waals surface area contributed by atoms with Gasteiger partial charge in [-0.15, -0.1) is 0 Å². The van der Waals surface area contributed by atoms with Crippen LogP contribution in [0.5, 0.6) is 0 Å². The maximum atomic E-state index is 12.4. The molecule has 1 aliphatic heterocycles. The minimum absolute atomic E-state index is 0.152. The zero-order valence-electron chi connectivity index (χ0n) is 15.6. The molecule has 0 saturated carbocycles. The third kappa shape index (κ3) is 6.55. The highest BCUT2D eigenvalue weighted by Crippen LogP contribution is 2.23. The molecule has 3 unspecified atom stereocenters. The van der Waals surface area contributed by atoms with E-state index in [0.717, 1.165) is 25.8 Å². The van der Waals surface area contributed by atoms with Crippen molar-refractivity contribution in [3.63, 3.8) is 0 Å². The standard InChI is InChI=1S/C18H36N2O2/c1-13(2)15(4)19-14(3)12-16-10-8-9-11-20(16)17(21)22-18(5,6)7/h13-16,19H,8-12H2,1-7H3. The molecule has 1 amide bonds. The molecule has 1 heterocycles. The second-order valence-corrected chi connectivity index (χ2v) is 8.16. The third-order valence-electron chi connectivity index (χ3n) is 4.43. The molecular formula is C18H36N2O2. The van der Waals surface area contributed by atoms with Crippen molar-refractivity contribution in [1.29, 1.82) is 0 Å². The number of amides is 1. The highest BCUT2D eigenvalue weighted by Gasteiger charge is 2.31. The molecule has 0 bridgehead atoms. The zero-order chi connectivity index (χ0) is 16.9. The molecule has 3 atom stereocenters. The monoisotopic (exact) mass is 312 g/mol. The Morgan fingerprint density at radius 3 is 2.41 bits per heavy atom. The second-order valence-electron chi connectivity index (χ2n) is 8.16. The largest absolute Gasteiger partial charge is 0.444 e. The molecule has 1 N–H and O–H groups in total. The van der Waals surface area contributed by atoms with Gasteiger partial charge in [0.2, 0.25) is 0 Å². The fourth-order valence-corrected chi connectivity index (χ4v) is 2.92. The first-order valence-corrected chi connectivity index (χ1v) is 8.86. The lowest BCUT2D eigenvalue weighted by Gasteiger charge is -2.38. The van der Waals surface area contributed by atoms with Crippen LogP contribution >= 0.6 is 0 Å². The highest BCUT2D eigenvalue weighted by atomic mass is 16.6. The molecule has 130 valence electrons. The Bertz CT molecular complexity index is 349. The molecule has 0 aliphatic carbocycles. The molecular weight excluding hydrogens is 276 g/mol. The first-order chi connectivity index (χ1) is 10.1. The number of carbonyl (C=O) groups is 1. The van der Waals surface area contributed by atoms with E-state index in [9.17, 15) is 4.79 Å². The lowest BCUT2D eigenvalue weighted by atomic mass is 9.95. The summed E-state index contributed by atoms with van der Waals surface area (Å²) >= 11 is 0. The minimum atomic E-state index is -0.422. The number of rotatable bonds is 5. The van der Waals surface area contributed by atoms with E-state index in [1.807, 2.05) is 25.7 Å². The van der Waals surface area contributed by atoms with Gasteiger partial charge >= 0.3 is 6.09 Å². The van der Waals surface area contributed by atoms with Crippen molar-refractivity contribution in [2.45, 2.75) is 97.9 Å². The summed E-state index contributed by atoms with van der Waals surface area (Å²) in [6.07, 6.45) is 4.22. The van der Waals surface area contributed by atoms with Crippen molar-refractivity contribution in [1.82, 2.24) is 10.2 Å². The average Bonchev–Trinajstić information content (AvgIpc) is 2.36. The van der Waals surface area contributed by atoms with Crippen LogP contribution in [0.4, 0.5) is 4.79 Å². The lowest BCUT2D eigenvalue weighted by Crippen LogP contribution is -2.49. The normalized spacial score (nSPS) is 22.5. The Kier molecular flexibility index (Phi) is 7.17. The summed E-state index contributed by atoms with van der Waals surface area (Å²) in [5.74, 6) is 0.621. The van der Waals surface area contributed by atoms with Crippen LogP contribution in [0.25, 0.3) is 0 Å². The molecule has 4 heteroatoms. The first kappa shape index (κ1) is 19.3. The third-order valence-corrected chi connectivity index (χ3v) is 4.43. The van der Waals surface area contributed by atoms with E-state index in [0.29, 0.717) is 24.0 Å². The maximum Gasteiger partial charge on any atom is 0.410 e. The van der Waals surface area contributed by atoms with Crippen molar-refractivity contribution >= 4 is 6.09 Å². The lowest BCUT2D eigenvalue weighted by molar-refractivity contribution is 0.00774. The number of hydrogen-bond donors (Lipinski definition) is 1. The van der Waals surface area contributed by atoms with E-state index in [1.54, 1.807) is 0 Å². The highest BCUT2D eigenvalue weighted by molar-refractivity contribution is 5.68. The summed E-state index contributed by atoms with van der Waals surface area (Å²) in [7, 11) is 0. The summed E-state index contributed by atoms with van der Waals surface area (Å²) in [5, 5.41) is 3.66. The number of likely N-dealkylation sites (tertiary alicyclic amines) is 1. The van der Waals surface area contributed by atoms with Crippen LogP contribution in [0.1, 0.15) is 74.1 Å². The summed E-state index contributed by atoms with van der Waals surface area (Å²) in [5.41, 5.74) is -0.422. The number of nitrogens with one attached hydrogen (secondary N) is 1. The van der Waals surface area contributed by atoms with Crippen LogP contribution in [0.3, 0.4) is 0 Å². The summed E-state index contributed by atoms with van der Waals surface area (Å²) in [6.45, 7) is 15.5. The molecule has 0 aromatic heterocycles. The molecule has 0 aromatic rings. The Balaban J connectivity index is 2.59. The smallest absolute Gasteiger partial charge is 0.410 e. The quantitative estimate of drug-likeness (QED) is 0.827. The molecule has 0 aromatic carbocycles. The number of nitrogens with zero attached hydrogens (tertiary/aromatic N) is 1. The Morgan fingerprint density at radius 1 is 1.23 bits per heavy atom. The van der Waals surface area contributed by atoms with Gasteiger partial charge in [0.05, 0.1) is 0 Å². The number of hydrogen-bond acceptors (Lipinski definition) is 3. The van der Waals surface area contributed by atoms with Gasteiger partial charge in [-0.1, -0.05) is 13.8 Å². The molecule has 1 fully saturated rings. The molecule has 1 aliphatic rings. The molecule has 1 rings (SSSR count). The fourth-order valence-electron chi connectivity index (χ4n) is 2.92. The molecule has 22 heavy (non-hydrogen) atoms. The second kappa shape index (κ2) is 8.19. The van der Waals surface area contributed by atoms with Crippen molar-refractivity contribution in [2.75, 3.05) is 6.54 Å². The van der Waals surface area contributed by atoms with Gasteiger partial charge in [0, 0.05) is 24.7 Å². The predicted octanol–water partition coefficient (Wildman–Crippen LogP) is 4.19. The van der Waals surface area contributed by atoms with Crippen molar-refractivity contribution < 1.29 is 9.53 Å². The number of piperidine rings is 1. The SMILES string of the molecule is CC(CC1CCCCN1C(=O)OC(C)(C)C)NC(C)C(C)C. The van der Waals surface area contributed by atoms with Crippen molar-refractivity contribution in [3.8, 4) is 0 Å². The van der Waals surface area contributed by atoms with Crippen molar-refractivity contribution in [3.05, 3.63) is 0 Å². The molecule has 0 radical (unpaired) electrons. The first-order valence-electron chi connectivity index (χ1n) is 8.86. The van der Waals surface area contributed by atoms with Gasteiger partial charge in [0.25, 0.3) is 0 Å². The Morgan fingerprint density at radius 2 is 1.86 bits per heavy atom. The van der Waals surface area contributed by atoms with E-state index >= 15 is 0 Å². The van der Waals surface area contributed by atoms with Crippen LogP contribution in [0, 0.1) is 5.92 Å². The van der Waals surface area contributed by atoms with Crippen LogP contribution < -0.4 is 5.32 Å². The summed E-state index contributed by atoms with van der Waals surface area (Å²) in [6, 6.07) is 1.20. The average molecular weight is 312 g/mol. The van der Waals surface area contributed by atoms with E-state index in [-0.39, 0.29) is 6.09 Å². The fraction of sp³-hybridized carbons (Fsp3) is 0.944. The topological polar surface area (TPSA) is 41.6 Å². The van der Waals surface area contributed by atoms with Gasteiger partial charge in [-0.25, -0.2) is 4.79 Å². The zero-order valence-corrected chi connectivity index (χ0v) is 15.6. The molecule has 4 nitrogen and oxygen atoms in total. The van der Waals surface area contributed by atoms with Crippen LogP contribution in [-0.2, 0) is 4.74 Å². The van der Waals surface area contributed by atoms with E-state index < -0.39 is 5.60 Å². The van der Waals surface area contributed by atoms with Gasteiger partial charge in [0.1, 0.15) is 5.60 Å². The molecule has 1 saturated heterocycles. The van der Waals surface area contributed by atoms with Gasteiger partial charge in [0.15, 0.2) is 0 Å². The van der Waals surface area contributed by atoms with Crippen LogP contribution in [-0.4, -0.2) is 41.3 Å². The van der Waals surface area contributed by atoms with Crippen LogP contribution in [0.15, 0.2) is 0 Å². The molecule has 0 spiro atoms. The van der Waals surface area contributed by atoms with Gasteiger partial charge < -0.3 is 15.0 Å².